The lowest BCUT2D eigenvalue weighted by atomic mass is 9.92. The van der Waals surface area contributed by atoms with Gasteiger partial charge < -0.3 is 9.47 Å². The highest BCUT2D eigenvalue weighted by atomic mass is 19.4. The predicted molar refractivity (Wildman–Crippen MR) is 77.7 cm³/mol. The summed E-state index contributed by atoms with van der Waals surface area (Å²) < 4.78 is 54.1. The molecule has 23 heavy (non-hydrogen) atoms. The molecular formula is C13H27F3N4O3. The molecule has 0 radical (unpaired) electrons. The summed E-state index contributed by atoms with van der Waals surface area (Å²) in [7, 11) is 4.43. The number of nitrogens with two attached hydrogens (primary N) is 1. The van der Waals surface area contributed by atoms with E-state index >= 15 is 0 Å². The molecule has 0 aromatic carbocycles. The molecule has 1 rings (SSSR count). The second-order valence-electron chi connectivity index (χ2n) is 5.34. The summed E-state index contributed by atoms with van der Waals surface area (Å²) in [6.45, 7) is 6.38. The zero-order valence-electron chi connectivity index (χ0n) is 14.5. The molecule has 0 spiro atoms. The highest BCUT2D eigenvalue weighted by molar-refractivity contribution is 5.11. The fourth-order valence-electron chi connectivity index (χ4n) is 3.00. The van der Waals surface area contributed by atoms with Crippen LogP contribution in [0.1, 0.15) is 20.8 Å². The Balaban J connectivity index is 3.40. The third kappa shape index (κ3) is 3.21. The lowest BCUT2D eigenvalue weighted by molar-refractivity contribution is -0.553. The molecule has 1 aliphatic heterocycles. The number of methoxy groups -OCH3 is 1. The summed E-state index contributed by atoms with van der Waals surface area (Å²) in [5, 5.41) is 3.31. The molecule has 2 N–H and O–H groups in total. The Labute approximate surface area is 135 Å². The molecule has 0 aromatic heterocycles. The van der Waals surface area contributed by atoms with Gasteiger partial charge in [-0.15, -0.1) is 13.2 Å². The van der Waals surface area contributed by atoms with Gasteiger partial charge in [0.15, 0.2) is 6.23 Å². The SMILES string of the molecule is CCOC1(OC(F)(F)F)C(OC)N(N(CC)CC)C1(N)N(C)C. The second kappa shape index (κ2) is 7.18. The van der Waals surface area contributed by atoms with Crippen molar-refractivity contribution >= 4 is 0 Å². The van der Waals surface area contributed by atoms with Gasteiger partial charge in [0.05, 0.1) is 0 Å². The monoisotopic (exact) mass is 344 g/mol. The van der Waals surface area contributed by atoms with Gasteiger partial charge in [-0.3, -0.25) is 10.6 Å². The van der Waals surface area contributed by atoms with Crippen LogP contribution in [0.15, 0.2) is 0 Å². The number of likely N-dealkylation sites (N-methyl/N-ethyl adjacent to an activating group) is 1. The van der Waals surface area contributed by atoms with Gasteiger partial charge in [-0.25, -0.2) is 9.75 Å². The summed E-state index contributed by atoms with van der Waals surface area (Å²) in [6, 6.07) is 0. The fraction of sp³-hybridized carbons (Fsp3) is 1.00. The molecule has 10 heteroatoms. The quantitative estimate of drug-likeness (QED) is 0.659. The zero-order chi connectivity index (χ0) is 18.1. The minimum absolute atomic E-state index is 0.0190. The maximum absolute atomic E-state index is 13.0. The van der Waals surface area contributed by atoms with Gasteiger partial charge in [0.25, 0.3) is 5.79 Å². The van der Waals surface area contributed by atoms with E-state index in [1.807, 2.05) is 13.8 Å². The number of hydrogen-bond acceptors (Lipinski definition) is 7. The van der Waals surface area contributed by atoms with E-state index in [0.717, 1.165) is 0 Å². The molecule has 3 atom stereocenters. The van der Waals surface area contributed by atoms with Gasteiger partial charge >= 0.3 is 6.36 Å². The predicted octanol–water partition coefficient (Wildman–Crippen LogP) is 0.975. The molecule has 7 nitrogen and oxygen atoms in total. The van der Waals surface area contributed by atoms with Crippen molar-refractivity contribution in [3.05, 3.63) is 0 Å². The normalized spacial score (nSPS) is 32.6. The number of nitrogens with zero attached hydrogens (tertiary/aromatic N) is 3. The Morgan fingerprint density at radius 2 is 1.70 bits per heavy atom. The number of alkyl halides is 3. The minimum atomic E-state index is -4.93. The number of hydrogen-bond donors (Lipinski definition) is 1. The highest BCUT2D eigenvalue weighted by Gasteiger charge is 2.78. The van der Waals surface area contributed by atoms with Gasteiger partial charge in [-0.05, 0) is 21.0 Å². The summed E-state index contributed by atoms with van der Waals surface area (Å²) in [5.41, 5.74) is 6.36. The molecular weight excluding hydrogens is 317 g/mol. The number of rotatable bonds is 8. The Bertz CT molecular complexity index is 395. The molecule has 138 valence electrons. The fourth-order valence-corrected chi connectivity index (χ4v) is 3.00. The lowest BCUT2D eigenvalue weighted by Gasteiger charge is -2.69. The van der Waals surface area contributed by atoms with E-state index in [-0.39, 0.29) is 6.61 Å². The topological polar surface area (TPSA) is 63.4 Å². The average molecular weight is 344 g/mol. The Hall–Kier alpha value is -0.490. The van der Waals surface area contributed by atoms with Crippen molar-refractivity contribution in [2.45, 2.75) is 44.9 Å². The first-order valence-electron chi connectivity index (χ1n) is 7.49. The molecule has 1 heterocycles. The smallest absolute Gasteiger partial charge is 0.359 e. The van der Waals surface area contributed by atoms with E-state index in [4.69, 9.17) is 15.2 Å². The van der Waals surface area contributed by atoms with Gasteiger partial charge in [0.2, 0.25) is 5.79 Å². The number of halogens is 3. The Morgan fingerprint density at radius 3 is 2.00 bits per heavy atom. The largest absolute Gasteiger partial charge is 0.525 e. The number of ether oxygens (including phenoxy) is 3. The van der Waals surface area contributed by atoms with Crippen molar-refractivity contribution in [1.82, 2.24) is 14.9 Å². The summed E-state index contributed by atoms with van der Waals surface area (Å²) in [6.07, 6.45) is -6.07. The first-order chi connectivity index (χ1) is 10.6. The highest BCUT2D eigenvalue weighted by Crippen LogP contribution is 2.51. The van der Waals surface area contributed by atoms with Crippen LogP contribution in [0.2, 0.25) is 0 Å². The van der Waals surface area contributed by atoms with Crippen LogP contribution in [0.4, 0.5) is 13.2 Å². The summed E-state index contributed by atoms with van der Waals surface area (Å²) >= 11 is 0. The van der Waals surface area contributed by atoms with E-state index in [9.17, 15) is 13.2 Å². The van der Waals surface area contributed by atoms with E-state index in [1.54, 1.807) is 26.0 Å². The second-order valence-corrected chi connectivity index (χ2v) is 5.34. The van der Waals surface area contributed by atoms with Crippen LogP contribution < -0.4 is 5.73 Å². The molecule has 0 aromatic rings. The van der Waals surface area contributed by atoms with Crippen LogP contribution in [-0.2, 0) is 14.2 Å². The third-order valence-electron chi connectivity index (χ3n) is 3.98. The number of hydrazine groups is 1. The van der Waals surface area contributed by atoms with Crippen molar-refractivity contribution in [1.29, 1.82) is 0 Å². The van der Waals surface area contributed by atoms with Crippen molar-refractivity contribution < 1.29 is 27.4 Å². The first-order valence-corrected chi connectivity index (χ1v) is 7.49. The van der Waals surface area contributed by atoms with Gasteiger partial charge in [-0.1, -0.05) is 13.8 Å². The summed E-state index contributed by atoms with van der Waals surface area (Å²) in [5.74, 6) is -3.90. The van der Waals surface area contributed by atoms with Crippen LogP contribution >= 0.6 is 0 Å². The van der Waals surface area contributed by atoms with E-state index in [1.165, 1.54) is 17.0 Å². The van der Waals surface area contributed by atoms with Gasteiger partial charge in [0, 0.05) is 26.8 Å². The molecule has 1 fully saturated rings. The third-order valence-corrected chi connectivity index (χ3v) is 3.98. The van der Waals surface area contributed by atoms with E-state index in [2.05, 4.69) is 4.74 Å². The maximum atomic E-state index is 13.0. The van der Waals surface area contributed by atoms with Gasteiger partial charge in [0.1, 0.15) is 0 Å². The summed E-state index contributed by atoms with van der Waals surface area (Å²) in [4.78, 5) is 1.43. The molecule has 0 aliphatic carbocycles. The molecule has 1 saturated heterocycles. The van der Waals surface area contributed by atoms with Gasteiger partial charge in [-0.2, -0.15) is 5.01 Å². The van der Waals surface area contributed by atoms with Crippen molar-refractivity contribution in [3.8, 4) is 0 Å². The Morgan fingerprint density at radius 1 is 1.17 bits per heavy atom. The standard InChI is InChI=1S/C13H27F3N4O3/c1-7-19(8-2)20-10(21-6)11(22-9-3,23-13(14,15)16)12(20,17)18(4)5/h10H,7-9,17H2,1-6H3. The zero-order valence-corrected chi connectivity index (χ0v) is 14.5. The van der Waals surface area contributed by atoms with Crippen molar-refractivity contribution in [2.75, 3.05) is 40.9 Å². The molecule has 0 amide bonds. The van der Waals surface area contributed by atoms with E-state index in [0.29, 0.717) is 13.1 Å². The average Bonchev–Trinajstić information content (AvgIpc) is 2.44. The molecule has 0 saturated carbocycles. The molecule has 1 aliphatic rings. The van der Waals surface area contributed by atoms with Crippen LogP contribution in [0.25, 0.3) is 0 Å². The van der Waals surface area contributed by atoms with Crippen LogP contribution in [0.5, 0.6) is 0 Å². The minimum Gasteiger partial charge on any atom is -0.359 e. The molecule has 3 unspecified atom stereocenters. The van der Waals surface area contributed by atoms with E-state index < -0.39 is 24.2 Å². The lowest BCUT2D eigenvalue weighted by Crippen LogP contribution is -2.96. The Kier molecular flexibility index (Phi) is 6.41. The van der Waals surface area contributed by atoms with Crippen LogP contribution in [0, 0.1) is 0 Å². The van der Waals surface area contributed by atoms with Crippen LogP contribution in [-0.4, -0.2) is 80.0 Å². The van der Waals surface area contributed by atoms with Crippen molar-refractivity contribution in [2.24, 2.45) is 5.73 Å². The first kappa shape index (κ1) is 20.6. The van der Waals surface area contributed by atoms with Crippen LogP contribution in [0.3, 0.4) is 0 Å². The maximum Gasteiger partial charge on any atom is 0.525 e. The molecule has 0 bridgehead atoms. The van der Waals surface area contributed by atoms with Crippen molar-refractivity contribution in [3.63, 3.8) is 0 Å².